The highest BCUT2D eigenvalue weighted by Gasteiger charge is 2.12. The minimum atomic E-state index is -0.483. The van der Waals surface area contributed by atoms with Crippen LogP contribution in [0.15, 0.2) is 24.3 Å². The van der Waals surface area contributed by atoms with E-state index in [0.29, 0.717) is 5.88 Å². The molecule has 0 N–H and O–H groups in total. The summed E-state index contributed by atoms with van der Waals surface area (Å²) < 4.78 is 5.07. The van der Waals surface area contributed by atoms with Crippen LogP contribution in [-0.4, -0.2) is 17.4 Å². The Morgan fingerprint density at radius 2 is 2.15 bits per heavy atom. The largest absolute Gasteiger partial charge is 0.486 e. The van der Waals surface area contributed by atoms with Gasteiger partial charge in [0, 0.05) is 6.07 Å². The molecule has 0 aliphatic rings. The van der Waals surface area contributed by atoms with Crippen molar-refractivity contribution in [3.63, 3.8) is 0 Å². The molecule has 1 aromatic rings. The summed E-state index contributed by atoms with van der Waals surface area (Å²) in [6.07, 6.45) is 0. The van der Waals surface area contributed by atoms with E-state index in [1.165, 1.54) is 6.07 Å². The number of ether oxygens (including phenoxy) is 1. The topological polar surface area (TPSA) is 52.4 Å². The van der Waals surface area contributed by atoms with Gasteiger partial charge in [0.25, 0.3) is 0 Å². The second kappa shape index (κ2) is 4.67. The normalized spacial score (nSPS) is 9.62. The molecule has 1 aromatic carbocycles. The van der Waals surface area contributed by atoms with Gasteiger partial charge in [0.15, 0.2) is 5.75 Å². The van der Waals surface area contributed by atoms with Gasteiger partial charge in [-0.05, 0) is 6.07 Å². The van der Waals surface area contributed by atoms with E-state index >= 15 is 0 Å². The fraction of sp³-hybridized carbons (Fsp3) is 0.250. The Hall–Kier alpha value is -1.29. The summed E-state index contributed by atoms with van der Waals surface area (Å²) in [5.74, 6) is 0.569. The van der Waals surface area contributed by atoms with E-state index in [-0.39, 0.29) is 18.0 Å². The van der Waals surface area contributed by atoms with Crippen molar-refractivity contribution in [1.29, 1.82) is 0 Å². The van der Waals surface area contributed by atoms with Gasteiger partial charge in [-0.1, -0.05) is 12.1 Å². The van der Waals surface area contributed by atoms with Gasteiger partial charge in [-0.15, -0.1) is 11.6 Å². The highest BCUT2D eigenvalue weighted by atomic mass is 35.5. The molecular weight excluding hydrogens is 194 g/mol. The van der Waals surface area contributed by atoms with Crippen LogP contribution < -0.4 is 4.74 Å². The van der Waals surface area contributed by atoms with Crippen LogP contribution in [0.4, 0.5) is 5.69 Å². The Bertz CT molecular complexity index is 303. The monoisotopic (exact) mass is 201 g/mol. The third kappa shape index (κ3) is 2.59. The fourth-order valence-electron chi connectivity index (χ4n) is 0.879. The SMILES string of the molecule is O=[N+]([O-])c1ccccc1OCCCl. The third-order valence-corrected chi connectivity index (χ3v) is 1.55. The number of nitrogens with zero attached hydrogens (tertiary/aromatic N) is 1. The van der Waals surface area contributed by atoms with Crippen molar-refractivity contribution in [1.82, 2.24) is 0 Å². The maximum atomic E-state index is 10.5. The lowest BCUT2D eigenvalue weighted by atomic mass is 10.3. The molecule has 0 unspecified atom stereocenters. The number of nitro benzene ring substituents is 1. The van der Waals surface area contributed by atoms with Crippen molar-refractivity contribution >= 4 is 17.3 Å². The van der Waals surface area contributed by atoms with E-state index in [1.807, 2.05) is 0 Å². The summed E-state index contributed by atoms with van der Waals surface area (Å²) in [6, 6.07) is 6.20. The number of nitro groups is 1. The van der Waals surface area contributed by atoms with Crippen LogP contribution in [0.25, 0.3) is 0 Å². The molecule has 0 amide bonds. The number of halogens is 1. The van der Waals surface area contributed by atoms with Crippen LogP contribution in [0, 0.1) is 10.1 Å². The maximum absolute atomic E-state index is 10.5. The van der Waals surface area contributed by atoms with Crippen molar-refractivity contribution in [2.45, 2.75) is 0 Å². The molecule has 0 aromatic heterocycles. The van der Waals surface area contributed by atoms with Crippen LogP contribution in [0.5, 0.6) is 5.75 Å². The van der Waals surface area contributed by atoms with Gasteiger partial charge in [-0.25, -0.2) is 0 Å². The van der Waals surface area contributed by atoms with Crippen molar-refractivity contribution < 1.29 is 9.66 Å². The zero-order valence-electron chi connectivity index (χ0n) is 6.77. The molecule has 5 heteroatoms. The quantitative estimate of drug-likeness (QED) is 0.426. The van der Waals surface area contributed by atoms with Gasteiger partial charge in [0.2, 0.25) is 0 Å². The average molecular weight is 202 g/mol. The zero-order valence-corrected chi connectivity index (χ0v) is 7.53. The van der Waals surface area contributed by atoms with E-state index in [1.54, 1.807) is 18.2 Å². The van der Waals surface area contributed by atoms with Gasteiger partial charge in [0.05, 0.1) is 10.8 Å². The first-order valence-electron chi connectivity index (χ1n) is 3.68. The van der Waals surface area contributed by atoms with Crippen molar-refractivity contribution in [3.8, 4) is 5.75 Å². The number of alkyl halides is 1. The van der Waals surface area contributed by atoms with Crippen LogP contribution in [0.2, 0.25) is 0 Å². The first-order chi connectivity index (χ1) is 6.25. The van der Waals surface area contributed by atoms with Crippen LogP contribution in [-0.2, 0) is 0 Å². The Balaban J connectivity index is 2.84. The highest BCUT2D eigenvalue weighted by Crippen LogP contribution is 2.25. The standard InChI is InChI=1S/C8H8ClNO3/c9-5-6-13-8-4-2-1-3-7(8)10(11)12/h1-4H,5-6H2. The van der Waals surface area contributed by atoms with Crippen LogP contribution in [0.3, 0.4) is 0 Å². The summed E-state index contributed by atoms with van der Waals surface area (Å²) in [6.45, 7) is 0.270. The molecule has 4 nitrogen and oxygen atoms in total. The number of benzene rings is 1. The van der Waals surface area contributed by atoms with Gasteiger partial charge >= 0.3 is 5.69 Å². The van der Waals surface area contributed by atoms with Crippen molar-refractivity contribution in [3.05, 3.63) is 34.4 Å². The number of hydrogen-bond acceptors (Lipinski definition) is 3. The predicted octanol–water partition coefficient (Wildman–Crippen LogP) is 2.21. The van der Waals surface area contributed by atoms with E-state index in [0.717, 1.165) is 0 Å². The lowest BCUT2D eigenvalue weighted by molar-refractivity contribution is -0.385. The van der Waals surface area contributed by atoms with Gasteiger partial charge in [-0.3, -0.25) is 10.1 Å². The van der Waals surface area contributed by atoms with Crippen molar-refractivity contribution in [2.75, 3.05) is 12.5 Å². The Labute approximate surface area is 80.2 Å². The second-order valence-corrected chi connectivity index (χ2v) is 2.64. The first-order valence-corrected chi connectivity index (χ1v) is 4.21. The Morgan fingerprint density at radius 3 is 2.77 bits per heavy atom. The van der Waals surface area contributed by atoms with Crippen molar-refractivity contribution in [2.24, 2.45) is 0 Å². The van der Waals surface area contributed by atoms with E-state index in [4.69, 9.17) is 16.3 Å². The average Bonchev–Trinajstić information content (AvgIpc) is 2.15. The Kier molecular flexibility index (Phi) is 3.52. The summed E-state index contributed by atoms with van der Waals surface area (Å²) in [5.41, 5.74) is -0.0346. The summed E-state index contributed by atoms with van der Waals surface area (Å²) in [5, 5.41) is 10.5. The first kappa shape index (κ1) is 9.80. The molecule has 0 atom stereocenters. The third-order valence-electron chi connectivity index (χ3n) is 1.40. The summed E-state index contributed by atoms with van der Waals surface area (Å²) >= 11 is 5.39. The molecule has 0 heterocycles. The second-order valence-electron chi connectivity index (χ2n) is 2.26. The molecule has 0 aliphatic heterocycles. The summed E-state index contributed by atoms with van der Waals surface area (Å²) in [7, 11) is 0. The van der Waals surface area contributed by atoms with Gasteiger partial charge < -0.3 is 4.74 Å². The van der Waals surface area contributed by atoms with E-state index < -0.39 is 4.92 Å². The number of hydrogen-bond donors (Lipinski definition) is 0. The summed E-state index contributed by atoms with van der Waals surface area (Å²) in [4.78, 5) is 9.99. The molecule has 0 bridgehead atoms. The minimum Gasteiger partial charge on any atom is -0.486 e. The van der Waals surface area contributed by atoms with Gasteiger partial charge in [-0.2, -0.15) is 0 Å². The fourth-order valence-corrected chi connectivity index (χ4v) is 0.956. The molecule has 0 saturated carbocycles. The molecule has 0 radical (unpaired) electrons. The molecule has 13 heavy (non-hydrogen) atoms. The zero-order chi connectivity index (χ0) is 9.68. The molecule has 0 aliphatic carbocycles. The molecule has 1 rings (SSSR count). The number of para-hydroxylation sites is 2. The van der Waals surface area contributed by atoms with Crippen LogP contribution in [0.1, 0.15) is 0 Å². The molecule has 0 saturated heterocycles. The van der Waals surface area contributed by atoms with Gasteiger partial charge in [0.1, 0.15) is 6.61 Å². The van der Waals surface area contributed by atoms with Crippen LogP contribution >= 0.6 is 11.6 Å². The molecular formula is C8H8ClNO3. The lowest BCUT2D eigenvalue weighted by Crippen LogP contribution is -2.00. The molecule has 0 fully saturated rings. The maximum Gasteiger partial charge on any atom is 0.310 e. The Morgan fingerprint density at radius 1 is 1.46 bits per heavy atom. The smallest absolute Gasteiger partial charge is 0.310 e. The minimum absolute atomic E-state index is 0.0346. The van der Waals surface area contributed by atoms with E-state index in [9.17, 15) is 10.1 Å². The lowest BCUT2D eigenvalue weighted by Gasteiger charge is -2.03. The predicted molar refractivity (Wildman–Crippen MR) is 49.3 cm³/mol. The molecule has 70 valence electrons. The van der Waals surface area contributed by atoms with E-state index in [2.05, 4.69) is 0 Å². The number of rotatable bonds is 4. The highest BCUT2D eigenvalue weighted by molar-refractivity contribution is 6.18. The molecule has 0 spiro atoms.